The number of sulfonamides is 1. The molecule has 0 radical (unpaired) electrons. The second kappa shape index (κ2) is 18.0. The van der Waals surface area contributed by atoms with Gasteiger partial charge < -0.3 is 23.7 Å². The number of unbranched alkanes of at least 4 members (excludes halogenated alkanes) is 6. The van der Waals surface area contributed by atoms with Gasteiger partial charge in [-0.2, -0.15) is 4.31 Å². The third-order valence-corrected chi connectivity index (χ3v) is 13.7. The predicted octanol–water partition coefficient (Wildman–Crippen LogP) is 7.19. The van der Waals surface area contributed by atoms with Gasteiger partial charge in [-0.1, -0.05) is 86.6 Å². The van der Waals surface area contributed by atoms with Crippen LogP contribution in [-0.2, 0) is 40.3 Å². The highest BCUT2D eigenvalue weighted by molar-refractivity contribution is 7.89. The number of carbonyl (C=O) groups excluding carboxylic acids is 1. The number of rotatable bonds is 20. The second-order valence-corrected chi connectivity index (χ2v) is 16.8. The first kappa shape index (κ1) is 39.7. The van der Waals surface area contributed by atoms with E-state index in [4.69, 9.17) is 23.7 Å². The highest BCUT2D eigenvalue weighted by atomic mass is 32.2. The number of aryl methyl sites for hydroxylation is 1. The number of benzene rings is 2. The maximum Gasteiger partial charge on any atom is 0.410 e. The van der Waals surface area contributed by atoms with Crippen molar-refractivity contribution in [3.05, 3.63) is 65.7 Å². The summed E-state index contributed by atoms with van der Waals surface area (Å²) in [5.74, 6) is 0.271. The SMILES string of the molecule is COC[C@]12[C@@H]3CCN(S(=O)(=O)c4ccc(C)cc4)[C@H]1[C@](CCCCCCCCCC(OC)OC)(COCc1ccccc1)C[C@H]3CN2C(=O)OC. The lowest BCUT2D eigenvalue weighted by Gasteiger charge is -2.63. The van der Waals surface area contributed by atoms with Crippen LogP contribution in [0.2, 0.25) is 0 Å². The fourth-order valence-corrected chi connectivity index (χ4v) is 11.4. The van der Waals surface area contributed by atoms with Crippen LogP contribution in [0, 0.1) is 24.2 Å². The molecule has 5 atom stereocenters. The average Bonchev–Trinajstić information content (AvgIpc) is 3.38. The van der Waals surface area contributed by atoms with E-state index < -0.39 is 33.1 Å². The normalized spacial score (nSPS) is 26.2. The van der Waals surface area contributed by atoms with Crippen molar-refractivity contribution in [1.82, 2.24) is 9.21 Å². The van der Waals surface area contributed by atoms with Gasteiger partial charge in [-0.15, -0.1) is 0 Å². The van der Waals surface area contributed by atoms with Gasteiger partial charge in [0.15, 0.2) is 6.29 Å². The fourth-order valence-electron chi connectivity index (χ4n) is 9.65. The summed E-state index contributed by atoms with van der Waals surface area (Å²) in [5, 5.41) is 0. The lowest BCUT2D eigenvalue weighted by atomic mass is 9.53. The molecular weight excluding hydrogens is 669 g/mol. The molecule has 284 valence electrons. The van der Waals surface area contributed by atoms with Gasteiger partial charge in [-0.25, -0.2) is 13.2 Å². The Morgan fingerprint density at radius 1 is 0.882 bits per heavy atom. The number of carbonyl (C=O) groups is 1. The maximum absolute atomic E-state index is 14.8. The molecule has 4 bridgehead atoms. The Balaban J connectivity index is 1.46. The lowest BCUT2D eigenvalue weighted by Crippen LogP contribution is -2.76. The number of amides is 1. The Morgan fingerprint density at radius 2 is 1.55 bits per heavy atom. The minimum Gasteiger partial charge on any atom is -0.453 e. The molecule has 0 unspecified atom stereocenters. The summed E-state index contributed by atoms with van der Waals surface area (Å²) in [5.41, 5.74) is 0.626. The first-order valence-corrected chi connectivity index (χ1v) is 20.2. The van der Waals surface area contributed by atoms with E-state index in [0.717, 1.165) is 75.3 Å². The molecule has 1 saturated carbocycles. The molecule has 0 spiro atoms. The molecule has 1 amide bonds. The van der Waals surface area contributed by atoms with E-state index in [0.29, 0.717) is 32.7 Å². The van der Waals surface area contributed by atoms with Crippen molar-refractivity contribution < 1.29 is 36.9 Å². The molecule has 2 saturated heterocycles. The van der Waals surface area contributed by atoms with Gasteiger partial charge >= 0.3 is 6.09 Å². The molecule has 0 N–H and O–H groups in total. The standard InChI is InChI=1S/C40H60N2O8S/c1-31-19-21-34(22-20-31)51(44,45)42-25-23-35-33-26-39(29-50-28-32-16-12-11-13-17-32,24-15-10-8-6-7-9-14-18-36(47-3)48-4)37(42)40(35,30-46-2)41(27-33)38(43)49-5/h11-13,16-17,19-22,33,35-37H,6-10,14-15,18,23-30H2,1-5H3/t33-,35+,37-,39-,40-/m0/s1. The molecule has 2 heterocycles. The number of hydrogen-bond acceptors (Lipinski definition) is 8. The number of likely N-dealkylation sites (tertiary alicyclic amines) is 1. The molecule has 2 aromatic rings. The average molecular weight is 729 g/mol. The Bertz CT molecular complexity index is 1490. The molecule has 51 heavy (non-hydrogen) atoms. The van der Waals surface area contributed by atoms with Gasteiger partial charge in [0.25, 0.3) is 0 Å². The quantitative estimate of drug-likeness (QED) is 0.104. The molecule has 0 aromatic heterocycles. The lowest BCUT2D eigenvalue weighted by molar-refractivity contribution is -0.148. The van der Waals surface area contributed by atoms with Crippen molar-refractivity contribution in [3.8, 4) is 0 Å². The summed E-state index contributed by atoms with van der Waals surface area (Å²) >= 11 is 0. The molecule has 11 heteroatoms. The summed E-state index contributed by atoms with van der Waals surface area (Å²) in [6.45, 7) is 3.90. The zero-order chi connectivity index (χ0) is 36.5. The van der Waals surface area contributed by atoms with Crippen molar-refractivity contribution in [3.63, 3.8) is 0 Å². The van der Waals surface area contributed by atoms with Crippen LogP contribution in [0.1, 0.15) is 81.8 Å². The Labute approximate surface area is 306 Å². The molecule has 2 aromatic carbocycles. The van der Waals surface area contributed by atoms with E-state index >= 15 is 0 Å². The Kier molecular flexibility index (Phi) is 14.0. The van der Waals surface area contributed by atoms with Crippen LogP contribution in [0.5, 0.6) is 0 Å². The largest absolute Gasteiger partial charge is 0.453 e. The van der Waals surface area contributed by atoms with E-state index in [9.17, 15) is 13.2 Å². The van der Waals surface area contributed by atoms with Crippen molar-refractivity contribution in [2.45, 2.75) is 107 Å². The number of piperidine rings is 1. The number of hydrogen-bond donors (Lipinski definition) is 0. The highest BCUT2D eigenvalue weighted by Gasteiger charge is 2.73. The molecule has 10 nitrogen and oxygen atoms in total. The van der Waals surface area contributed by atoms with Gasteiger partial charge in [0.1, 0.15) is 0 Å². The topological polar surface area (TPSA) is 104 Å². The monoisotopic (exact) mass is 728 g/mol. The molecule has 2 aliphatic heterocycles. The van der Waals surface area contributed by atoms with Gasteiger partial charge in [0.2, 0.25) is 10.0 Å². The zero-order valence-electron chi connectivity index (χ0n) is 31.4. The second-order valence-electron chi connectivity index (χ2n) is 15.0. The summed E-state index contributed by atoms with van der Waals surface area (Å²) in [4.78, 5) is 15.7. The third kappa shape index (κ3) is 8.49. The molecular formula is C40H60N2O8S. The smallest absolute Gasteiger partial charge is 0.410 e. The number of nitrogens with zero attached hydrogens (tertiary/aromatic N) is 2. The van der Waals surface area contributed by atoms with Crippen LogP contribution in [0.15, 0.2) is 59.5 Å². The summed E-state index contributed by atoms with van der Waals surface area (Å²) in [6.07, 6.45) is 10.2. The van der Waals surface area contributed by atoms with Crippen LogP contribution >= 0.6 is 0 Å². The fraction of sp³-hybridized carbons (Fsp3) is 0.675. The zero-order valence-corrected chi connectivity index (χ0v) is 32.2. The van der Waals surface area contributed by atoms with Crippen LogP contribution < -0.4 is 0 Å². The van der Waals surface area contributed by atoms with E-state index in [1.165, 1.54) is 7.11 Å². The van der Waals surface area contributed by atoms with Gasteiger partial charge in [-0.05, 0) is 68.6 Å². The maximum atomic E-state index is 14.8. The molecule has 5 rings (SSSR count). The predicted molar refractivity (Wildman–Crippen MR) is 197 cm³/mol. The summed E-state index contributed by atoms with van der Waals surface area (Å²) in [7, 11) is 2.47. The van der Waals surface area contributed by atoms with Crippen molar-refractivity contribution in [1.29, 1.82) is 0 Å². The van der Waals surface area contributed by atoms with Crippen LogP contribution in [0.4, 0.5) is 4.79 Å². The molecule has 3 fully saturated rings. The molecule has 3 aliphatic rings. The van der Waals surface area contributed by atoms with Crippen LogP contribution in [-0.4, -0.2) is 96.3 Å². The van der Waals surface area contributed by atoms with Crippen molar-refractivity contribution in [2.24, 2.45) is 17.3 Å². The number of methoxy groups -OCH3 is 4. The van der Waals surface area contributed by atoms with E-state index in [1.807, 2.05) is 42.2 Å². The number of ether oxygens (including phenoxy) is 5. The van der Waals surface area contributed by atoms with Crippen molar-refractivity contribution in [2.75, 3.05) is 54.7 Å². The summed E-state index contributed by atoms with van der Waals surface area (Å²) < 4.78 is 60.1. The van der Waals surface area contributed by atoms with Gasteiger partial charge in [0, 0.05) is 39.8 Å². The van der Waals surface area contributed by atoms with E-state index in [2.05, 4.69) is 12.1 Å². The van der Waals surface area contributed by atoms with Crippen molar-refractivity contribution >= 4 is 16.1 Å². The minimum absolute atomic E-state index is 0.0871. The minimum atomic E-state index is -3.95. The first-order chi connectivity index (χ1) is 24.7. The Morgan fingerprint density at radius 3 is 2.20 bits per heavy atom. The van der Waals surface area contributed by atoms with Crippen LogP contribution in [0.25, 0.3) is 0 Å². The van der Waals surface area contributed by atoms with Gasteiger partial charge in [-0.3, -0.25) is 4.90 Å². The van der Waals surface area contributed by atoms with E-state index in [-0.39, 0.29) is 29.6 Å². The first-order valence-electron chi connectivity index (χ1n) is 18.8. The summed E-state index contributed by atoms with van der Waals surface area (Å²) in [6, 6.07) is 16.7. The van der Waals surface area contributed by atoms with E-state index in [1.54, 1.807) is 37.8 Å². The Hall–Kier alpha value is -2.54. The third-order valence-electron chi connectivity index (χ3n) is 11.8. The highest BCUT2D eigenvalue weighted by Crippen LogP contribution is 2.62. The van der Waals surface area contributed by atoms with Crippen LogP contribution in [0.3, 0.4) is 0 Å². The molecule has 1 aliphatic carbocycles. The van der Waals surface area contributed by atoms with Gasteiger partial charge in [0.05, 0.1) is 43.4 Å².